The Hall–Kier alpha value is -1.21. The molecule has 0 saturated heterocycles. The Labute approximate surface area is 134 Å². The fourth-order valence-electron chi connectivity index (χ4n) is 2.94. The molecule has 3 unspecified atom stereocenters. The van der Waals surface area contributed by atoms with Crippen LogP contribution in [-0.2, 0) is 4.79 Å². The number of rotatable bonds is 4. The number of hydrogen-bond donors (Lipinski definition) is 1. The monoisotopic (exact) mass is 370 g/mol. The Balaban J connectivity index is 1.86. The summed E-state index contributed by atoms with van der Waals surface area (Å²) in [5.41, 5.74) is 0. The first-order valence-electron chi connectivity index (χ1n) is 6.90. The van der Waals surface area contributed by atoms with Crippen molar-refractivity contribution >= 4 is 33.2 Å². The van der Waals surface area contributed by atoms with Crippen molar-refractivity contribution < 1.29 is 14.4 Å². The highest BCUT2D eigenvalue weighted by molar-refractivity contribution is 9.11. The molecule has 0 bridgehead atoms. The average molecular weight is 371 g/mol. The topological polar surface area (TPSA) is 76.2 Å². The van der Waals surface area contributed by atoms with Gasteiger partial charge in [0, 0.05) is 0 Å². The summed E-state index contributed by atoms with van der Waals surface area (Å²) in [6.07, 6.45) is 2.49. The Bertz CT molecular complexity index is 654. The van der Waals surface area contributed by atoms with Gasteiger partial charge in [-0.25, -0.2) is 0 Å². The van der Waals surface area contributed by atoms with Crippen LogP contribution >= 0.6 is 27.3 Å². The lowest BCUT2D eigenvalue weighted by atomic mass is 9.96. The molecule has 0 amide bonds. The summed E-state index contributed by atoms with van der Waals surface area (Å²) >= 11 is 4.93. The van der Waals surface area contributed by atoms with Gasteiger partial charge in [0.25, 0.3) is 0 Å². The van der Waals surface area contributed by atoms with Gasteiger partial charge in [0.15, 0.2) is 0 Å². The van der Waals surface area contributed by atoms with Crippen molar-refractivity contribution in [2.24, 2.45) is 11.8 Å². The summed E-state index contributed by atoms with van der Waals surface area (Å²) in [6.45, 7) is 2.09. The standard InChI is InChI=1S/C14H15BrN2O3S/c1-2-7-5-8(9(6-7)14(18)19)13-16-12(17-20-13)10-3-4-11(15)21-10/h3-4,7-9H,2,5-6H2,1H3,(H,18,19). The number of carbonyl (C=O) groups is 1. The minimum atomic E-state index is -0.769. The predicted molar refractivity (Wildman–Crippen MR) is 82.2 cm³/mol. The largest absolute Gasteiger partial charge is 0.481 e. The maximum atomic E-state index is 11.4. The summed E-state index contributed by atoms with van der Waals surface area (Å²) < 4.78 is 6.35. The third-order valence-corrected chi connectivity index (χ3v) is 5.73. The number of thiophene rings is 1. The van der Waals surface area contributed by atoms with Crippen molar-refractivity contribution in [3.8, 4) is 10.7 Å². The van der Waals surface area contributed by atoms with E-state index in [1.165, 1.54) is 11.3 Å². The van der Waals surface area contributed by atoms with Gasteiger partial charge in [0.2, 0.25) is 11.7 Å². The van der Waals surface area contributed by atoms with Crippen LogP contribution in [0.15, 0.2) is 20.4 Å². The molecule has 0 spiro atoms. The number of aromatic nitrogens is 2. The summed E-state index contributed by atoms with van der Waals surface area (Å²) in [7, 11) is 0. The van der Waals surface area contributed by atoms with Gasteiger partial charge in [0.05, 0.1) is 20.5 Å². The molecule has 0 aromatic carbocycles. The van der Waals surface area contributed by atoms with Crippen LogP contribution in [0, 0.1) is 11.8 Å². The number of halogens is 1. The molecule has 3 rings (SSSR count). The molecule has 2 heterocycles. The van der Waals surface area contributed by atoms with E-state index in [9.17, 15) is 9.90 Å². The second kappa shape index (κ2) is 5.88. The Morgan fingerprint density at radius 3 is 2.95 bits per heavy atom. The molecule has 1 aliphatic carbocycles. The minimum absolute atomic E-state index is 0.169. The summed E-state index contributed by atoms with van der Waals surface area (Å²) in [5.74, 6) is 0.0509. The maximum Gasteiger partial charge on any atom is 0.307 e. The highest BCUT2D eigenvalue weighted by Gasteiger charge is 2.42. The number of aliphatic carboxylic acids is 1. The zero-order chi connectivity index (χ0) is 15.0. The van der Waals surface area contributed by atoms with E-state index >= 15 is 0 Å². The zero-order valence-electron chi connectivity index (χ0n) is 11.5. The third-order valence-electron chi connectivity index (χ3n) is 4.11. The first-order valence-corrected chi connectivity index (χ1v) is 8.51. The quantitative estimate of drug-likeness (QED) is 0.873. The van der Waals surface area contributed by atoms with Gasteiger partial charge >= 0.3 is 5.97 Å². The van der Waals surface area contributed by atoms with Crippen LogP contribution in [0.2, 0.25) is 0 Å². The van der Waals surface area contributed by atoms with E-state index in [0.717, 1.165) is 21.5 Å². The van der Waals surface area contributed by atoms with Gasteiger partial charge in [-0.1, -0.05) is 18.5 Å². The van der Waals surface area contributed by atoms with Gasteiger partial charge in [-0.3, -0.25) is 4.79 Å². The predicted octanol–water partition coefficient (Wildman–Crippen LogP) is 4.17. The molecule has 1 N–H and O–H groups in total. The second-order valence-electron chi connectivity index (χ2n) is 5.36. The number of carboxylic acid groups (broad SMARTS) is 1. The third kappa shape index (κ3) is 2.89. The van der Waals surface area contributed by atoms with Gasteiger partial charge in [0.1, 0.15) is 0 Å². The average Bonchev–Trinajstić information content (AvgIpc) is 3.15. The SMILES string of the molecule is CCC1CC(C(=O)O)C(c2nc(-c3ccc(Br)s3)no2)C1. The molecule has 5 nitrogen and oxygen atoms in total. The van der Waals surface area contributed by atoms with Crippen LogP contribution in [0.25, 0.3) is 10.7 Å². The van der Waals surface area contributed by atoms with Gasteiger partial charge in [-0.05, 0) is 46.8 Å². The number of carboxylic acids is 1. The number of hydrogen-bond acceptors (Lipinski definition) is 5. The van der Waals surface area contributed by atoms with Crippen molar-refractivity contribution in [2.75, 3.05) is 0 Å². The molecule has 21 heavy (non-hydrogen) atoms. The zero-order valence-corrected chi connectivity index (χ0v) is 13.9. The molecule has 1 aliphatic rings. The molecule has 3 atom stereocenters. The molecular formula is C14H15BrN2O3S. The van der Waals surface area contributed by atoms with E-state index in [4.69, 9.17) is 4.52 Å². The van der Waals surface area contributed by atoms with Crippen molar-refractivity contribution in [3.05, 3.63) is 21.8 Å². The highest BCUT2D eigenvalue weighted by atomic mass is 79.9. The van der Waals surface area contributed by atoms with Crippen molar-refractivity contribution in [2.45, 2.75) is 32.1 Å². The first kappa shape index (κ1) is 14.7. The lowest BCUT2D eigenvalue weighted by Gasteiger charge is -2.09. The molecule has 0 aliphatic heterocycles. The van der Waals surface area contributed by atoms with Crippen LogP contribution < -0.4 is 0 Å². The number of nitrogens with zero attached hydrogens (tertiary/aromatic N) is 2. The fourth-order valence-corrected chi connectivity index (χ4v) is 4.25. The van der Waals surface area contributed by atoms with Gasteiger partial charge in [-0.2, -0.15) is 4.98 Å². The van der Waals surface area contributed by atoms with Crippen molar-refractivity contribution in [3.63, 3.8) is 0 Å². The van der Waals surface area contributed by atoms with Crippen LogP contribution in [-0.4, -0.2) is 21.2 Å². The second-order valence-corrected chi connectivity index (χ2v) is 7.82. The Morgan fingerprint density at radius 1 is 1.52 bits per heavy atom. The molecule has 1 fully saturated rings. The molecule has 2 aromatic heterocycles. The molecular weight excluding hydrogens is 356 g/mol. The van der Waals surface area contributed by atoms with Gasteiger partial charge < -0.3 is 9.63 Å². The molecule has 0 radical (unpaired) electrons. The minimum Gasteiger partial charge on any atom is -0.481 e. The van der Waals surface area contributed by atoms with Crippen LogP contribution in [0.3, 0.4) is 0 Å². The molecule has 2 aromatic rings. The fraction of sp³-hybridized carbons (Fsp3) is 0.500. The van der Waals surface area contributed by atoms with Crippen molar-refractivity contribution in [1.82, 2.24) is 10.1 Å². The summed E-state index contributed by atoms with van der Waals surface area (Å²) in [6, 6.07) is 3.85. The lowest BCUT2D eigenvalue weighted by molar-refractivity contribution is -0.142. The summed E-state index contributed by atoms with van der Waals surface area (Å²) in [5, 5.41) is 13.4. The summed E-state index contributed by atoms with van der Waals surface area (Å²) in [4.78, 5) is 16.8. The first-order chi connectivity index (χ1) is 10.1. The molecule has 112 valence electrons. The van der Waals surface area contributed by atoms with Crippen LogP contribution in [0.5, 0.6) is 0 Å². The maximum absolute atomic E-state index is 11.4. The van der Waals surface area contributed by atoms with E-state index in [2.05, 4.69) is 33.0 Å². The van der Waals surface area contributed by atoms with E-state index in [0.29, 0.717) is 24.1 Å². The van der Waals surface area contributed by atoms with E-state index < -0.39 is 11.9 Å². The van der Waals surface area contributed by atoms with Crippen molar-refractivity contribution in [1.29, 1.82) is 0 Å². The highest BCUT2D eigenvalue weighted by Crippen LogP contribution is 2.44. The van der Waals surface area contributed by atoms with Gasteiger partial charge in [-0.15, -0.1) is 11.3 Å². The van der Waals surface area contributed by atoms with E-state index in [1.807, 2.05) is 12.1 Å². The normalized spacial score (nSPS) is 25.3. The smallest absolute Gasteiger partial charge is 0.307 e. The van der Waals surface area contributed by atoms with E-state index in [-0.39, 0.29) is 5.92 Å². The van der Waals surface area contributed by atoms with Crippen LogP contribution in [0.4, 0.5) is 0 Å². The van der Waals surface area contributed by atoms with E-state index in [1.54, 1.807) is 0 Å². The Kier molecular flexibility index (Phi) is 4.12. The Morgan fingerprint density at radius 2 is 2.33 bits per heavy atom. The molecule has 1 saturated carbocycles. The molecule has 7 heteroatoms. The van der Waals surface area contributed by atoms with Crippen LogP contribution in [0.1, 0.15) is 38.0 Å². The lowest BCUT2D eigenvalue weighted by Crippen LogP contribution is -2.17.